The molecule has 1 heterocycles. The van der Waals surface area contributed by atoms with Gasteiger partial charge in [0.1, 0.15) is 11.6 Å². The minimum Gasteiger partial charge on any atom is -0.496 e. The van der Waals surface area contributed by atoms with E-state index in [1.54, 1.807) is 7.11 Å². The highest BCUT2D eigenvalue weighted by Gasteiger charge is 2.18. The van der Waals surface area contributed by atoms with Gasteiger partial charge in [0, 0.05) is 5.69 Å². The number of hydrogen-bond donors (Lipinski definition) is 2. The number of halogens is 2. The molecule has 3 aromatic rings. The Balaban J connectivity index is 1.75. The Morgan fingerprint density at radius 3 is 2.69 bits per heavy atom. The molecule has 0 atom stereocenters. The van der Waals surface area contributed by atoms with E-state index in [1.807, 2.05) is 18.2 Å². The number of amides is 1. The first-order chi connectivity index (χ1) is 12.5. The van der Waals surface area contributed by atoms with Gasteiger partial charge in [-0.1, -0.05) is 11.3 Å². The number of benzene rings is 2. The highest BCUT2D eigenvalue weighted by Crippen LogP contribution is 2.26. The zero-order valence-corrected chi connectivity index (χ0v) is 15.3. The van der Waals surface area contributed by atoms with Crippen molar-refractivity contribution in [2.45, 2.75) is 6.54 Å². The number of nitrogen functional groups attached to an aromatic ring is 1. The molecular weight excluding hydrogens is 405 g/mol. The zero-order chi connectivity index (χ0) is 18.7. The molecule has 1 amide bonds. The Hall–Kier alpha value is -2.94. The summed E-state index contributed by atoms with van der Waals surface area (Å²) in [5.74, 6) is -0.0633. The SMILES string of the molecule is COc1ccc(Cn2nnc(C(=O)Nc3ccc(F)cc3)c2N)cc1Br. The van der Waals surface area contributed by atoms with Crippen LogP contribution < -0.4 is 15.8 Å². The molecule has 134 valence electrons. The molecule has 3 rings (SSSR count). The predicted octanol–water partition coefficient (Wildman–Crippen LogP) is 3.07. The number of methoxy groups -OCH3 is 1. The molecule has 0 aliphatic carbocycles. The molecule has 26 heavy (non-hydrogen) atoms. The molecule has 0 saturated heterocycles. The second-order valence-electron chi connectivity index (χ2n) is 5.41. The van der Waals surface area contributed by atoms with Crippen LogP contribution in [0.15, 0.2) is 46.9 Å². The van der Waals surface area contributed by atoms with Crippen LogP contribution >= 0.6 is 15.9 Å². The lowest BCUT2D eigenvalue weighted by atomic mass is 10.2. The Morgan fingerprint density at radius 1 is 1.31 bits per heavy atom. The molecular formula is C17H15BrFN5O2. The third-order valence-electron chi connectivity index (χ3n) is 3.64. The summed E-state index contributed by atoms with van der Waals surface area (Å²) in [4.78, 5) is 12.3. The van der Waals surface area contributed by atoms with Crippen molar-refractivity contribution in [1.82, 2.24) is 15.0 Å². The molecule has 7 nitrogen and oxygen atoms in total. The van der Waals surface area contributed by atoms with Gasteiger partial charge in [-0.05, 0) is 57.9 Å². The van der Waals surface area contributed by atoms with E-state index < -0.39 is 5.91 Å². The second-order valence-corrected chi connectivity index (χ2v) is 6.27. The fourth-order valence-electron chi connectivity index (χ4n) is 2.30. The molecule has 3 N–H and O–H groups in total. The standard InChI is InChI=1S/C17H15BrFN5O2/c1-26-14-7-2-10(8-13(14)18)9-24-16(20)15(22-23-24)17(25)21-12-5-3-11(19)4-6-12/h2-8H,9,20H2,1H3,(H,21,25). The van der Waals surface area contributed by atoms with Crippen molar-refractivity contribution in [1.29, 1.82) is 0 Å². The quantitative estimate of drug-likeness (QED) is 0.662. The number of anilines is 2. The van der Waals surface area contributed by atoms with E-state index in [9.17, 15) is 9.18 Å². The zero-order valence-electron chi connectivity index (χ0n) is 13.7. The lowest BCUT2D eigenvalue weighted by Crippen LogP contribution is -2.15. The molecule has 2 aromatic carbocycles. The van der Waals surface area contributed by atoms with E-state index in [1.165, 1.54) is 28.9 Å². The van der Waals surface area contributed by atoms with Crippen LogP contribution in [-0.2, 0) is 6.54 Å². The number of nitrogens with two attached hydrogens (primary N) is 1. The van der Waals surface area contributed by atoms with Crippen molar-refractivity contribution < 1.29 is 13.9 Å². The first-order valence-electron chi connectivity index (χ1n) is 7.56. The van der Waals surface area contributed by atoms with Crippen LogP contribution in [0.25, 0.3) is 0 Å². The number of carbonyl (C=O) groups excluding carboxylic acids is 1. The van der Waals surface area contributed by atoms with Crippen LogP contribution in [0.2, 0.25) is 0 Å². The maximum absolute atomic E-state index is 12.9. The van der Waals surface area contributed by atoms with Crippen molar-refractivity contribution in [2.75, 3.05) is 18.2 Å². The maximum Gasteiger partial charge on any atom is 0.280 e. The minimum absolute atomic E-state index is 0.00176. The minimum atomic E-state index is -0.517. The summed E-state index contributed by atoms with van der Waals surface area (Å²) in [6.07, 6.45) is 0. The van der Waals surface area contributed by atoms with Gasteiger partial charge in [-0.2, -0.15) is 0 Å². The Morgan fingerprint density at radius 2 is 2.04 bits per heavy atom. The molecule has 0 saturated carbocycles. The summed E-state index contributed by atoms with van der Waals surface area (Å²) in [6.45, 7) is 0.339. The Kier molecular flexibility index (Phi) is 5.17. The van der Waals surface area contributed by atoms with E-state index in [-0.39, 0.29) is 17.3 Å². The van der Waals surface area contributed by atoms with Crippen LogP contribution in [0.1, 0.15) is 16.1 Å². The molecule has 0 aliphatic rings. The summed E-state index contributed by atoms with van der Waals surface area (Å²) < 4.78 is 20.3. The summed E-state index contributed by atoms with van der Waals surface area (Å²) in [6, 6.07) is 10.9. The third kappa shape index (κ3) is 3.83. The van der Waals surface area contributed by atoms with Gasteiger partial charge in [0.15, 0.2) is 11.5 Å². The number of rotatable bonds is 5. The monoisotopic (exact) mass is 419 g/mol. The van der Waals surface area contributed by atoms with Crippen molar-refractivity contribution in [3.05, 3.63) is 64.0 Å². The van der Waals surface area contributed by atoms with Gasteiger partial charge in [0.25, 0.3) is 5.91 Å². The smallest absolute Gasteiger partial charge is 0.280 e. The largest absolute Gasteiger partial charge is 0.496 e. The lowest BCUT2D eigenvalue weighted by molar-refractivity contribution is 0.102. The molecule has 1 aromatic heterocycles. The van der Waals surface area contributed by atoms with Gasteiger partial charge in [-0.3, -0.25) is 4.79 Å². The molecule has 0 fully saturated rings. The Labute approximate surface area is 157 Å². The summed E-state index contributed by atoms with van der Waals surface area (Å²) >= 11 is 3.42. The maximum atomic E-state index is 12.9. The van der Waals surface area contributed by atoms with E-state index in [0.717, 1.165) is 10.0 Å². The van der Waals surface area contributed by atoms with Gasteiger partial charge in [0.2, 0.25) is 0 Å². The fraction of sp³-hybridized carbons (Fsp3) is 0.118. The topological polar surface area (TPSA) is 95.1 Å². The normalized spacial score (nSPS) is 10.6. The van der Waals surface area contributed by atoms with Gasteiger partial charge in [0.05, 0.1) is 18.1 Å². The van der Waals surface area contributed by atoms with Crippen molar-refractivity contribution in [3.63, 3.8) is 0 Å². The van der Waals surface area contributed by atoms with Crippen LogP contribution in [0.4, 0.5) is 15.9 Å². The second kappa shape index (κ2) is 7.52. The van der Waals surface area contributed by atoms with Crippen LogP contribution in [0.5, 0.6) is 5.75 Å². The average Bonchev–Trinajstić information content (AvgIpc) is 2.98. The number of hydrogen-bond acceptors (Lipinski definition) is 5. The van der Waals surface area contributed by atoms with Crippen molar-refractivity contribution in [3.8, 4) is 5.75 Å². The first-order valence-corrected chi connectivity index (χ1v) is 8.35. The van der Waals surface area contributed by atoms with Gasteiger partial charge in [-0.25, -0.2) is 9.07 Å². The number of nitrogens with one attached hydrogen (secondary N) is 1. The number of aromatic nitrogens is 3. The van der Waals surface area contributed by atoms with Crippen molar-refractivity contribution >= 4 is 33.3 Å². The molecule has 0 aliphatic heterocycles. The third-order valence-corrected chi connectivity index (χ3v) is 4.26. The van der Waals surface area contributed by atoms with Gasteiger partial charge in [-0.15, -0.1) is 5.10 Å². The van der Waals surface area contributed by atoms with E-state index >= 15 is 0 Å². The molecule has 0 bridgehead atoms. The van der Waals surface area contributed by atoms with E-state index in [4.69, 9.17) is 10.5 Å². The highest BCUT2D eigenvalue weighted by atomic mass is 79.9. The van der Waals surface area contributed by atoms with Gasteiger partial charge < -0.3 is 15.8 Å². The summed E-state index contributed by atoms with van der Waals surface area (Å²) in [5.41, 5.74) is 7.34. The first kappa shape index (κ1) is 17.9. The van der Waals surface area contributed by atoms with Crippen LogP contribution in [0.3, 0.4) is 0 Å². The highest BCUT2D eigenvalue weighted by molar-refractivity contribution is 9.10. The summed E-state index contributed by atoms with van der Waals surface area (Å²) in [5, 5.41) is 10.4. The molecule has 9 heteroatoms. The summed E-state index contributed by atoms with van der Waals surface area (Å²) in [7, 11) is 1.58. The fourth-order valence-corrected chi connectivity index (χ4v) is 2.89. The van der Waals surface area contributed by atoms with E-state index in [2.05, 4.69) is 31.6 Å². The predicted molar refractivity (Wildman–Crippen MR) is 98.6 cm³/mol. The molecule has 0 unspecified atom stereocenters. The molecule has 0 spiro atoms. The van der Waals surface area contributed by atoms with Crippen LogP contribution in [-0.4, -0.2) is 28.0 Å². The number of nitrogens with zero attached hydrogens (tertiary/aromatic N) is 3. The number of ether oxygens (including phenoxy) is 1. The number of carbonyl (C=O) groups is 1. The van der Waals surface area contributed by atoms with Gasteiger partial charge >= 0.3 is 0 Å². The average molecular weight is 420 g/mol. The van der Waals surface area contributed by atoms with Crippen molar-refractivity contribution in [2.24, 2.45) is 0 Å². The Bertz CT molecular complexity index is 943. The lowest BCUT2D eigenvalue weighted by Gasteiger charge is -2.07. The van der Waals surface area contributed by atoms with Crippen LogP contribution in [0, 0.1) is 5.82 Å². The van der Waals surface area contributed by atoms with E-state index in [0.29, 0.717) is 18.0 Å². The molecule has 0 radical (unpaired) electrons.